The topological polar surface area (TPSA) is 121 Å². The van der Waals surface area contributed by atoms with Crippen molar-refractivity contribution in [3.63, 3.8) is 0 Å². The molecule has 15 heavy (non-hydrogen) atoms. The van der Waals surface area contributed by atoms with Crippen LogP contribution in [0.2, 0.25) is 0 Å². The Kier molecular flexibility index (Phi) is 1.86. The van der Waals surface area contributed by atoms with Crippen LogP contribution in [0.25, 0.3) is 11.0 Å². The molecule has 0 aliphatic heterocycles. The number of nitro benzene ring substituents is 1. The van der Waals surface area contributed by atoms with E-state index in [2.05, 4.69) is 9.97 Å². The Morgan fingerprint density at radius 2 is 1.87 bits per heavy atom. The number of nitrogen functional groups attached to an aromatic ring is 2. The number of fused-ring (bicyclic) bond motifs is 1. The first kappa shape index (κ1) is 9.13. The molecule has 0 spiro atoms. The van der Waals surface area contributed by atoms with Gasteiger partial charge in [0.1, 0.15) is 0 Å². The summed E-state index contributed by atoms with van der Waals surface area (Å²) in [5, 5.41) is 10.7. The van der Waals surface area contributed by atoms with Crippen LogP contribution >= 0.6 is 0 Å². The van der Waals surface area contributed by atoms with E-state index in [1.165, 1.54) is 12.1 Å². The van der Waals surface area contributed by atoms with E-state index in [-0.39, 0.29) is 22.8 Å². The molecule has 0 aliphatic carbocycles. The van der Waals surface area contributed by atoms with Crippen molar-refractivity contribution in [2.75, 3.05) is 11.5 Å². The van der Waals surface area contributed by atoms with Gasteiger partial charge in [0.05, 0.1) is 10.4 Å². The van der Waals surface area contributed by atoms with Gasteiger partial charge >= 0.3 is 0 Å². The maximum absolute atomic E-state index is 10.7. The number of para-hydroxylation sites is 1. The Morgan fingerprint density at radius 1 is 1.20 bits per heavy atom. The second kappa shape index (κ2) is 3.05. The lowest BCUT2D eigenvalue weighted by Crippen LogP contribution is -2.02. The lowest BCUT2D eigenvalue weighted by molar-refractivity contribution is -0.383. The highest BCUT2D eigenvalue weighted by Gasteiger charge is 2.14. The highest BCUT2D eigenvalue weighted by molar-refractivity contribution is 5.86. The van der Waals surface area contributed by atoms with Gasteiger partial charge in [0.2, 0.25) is 0 Å². The molecule has 0 saturated carbocycles. The first-order valence-corrected chi connectivity index (χ1v) is 4.05. The predicted octanol–water partition coefficient (Wildman–Crippen LogP) is 0.702. The molecule has 7 heteroatoms. The molecular weight excluding hydrogens is 198 g/mol. The molecule has 0 radical (unpaired) electrons. The molecule has 2 rings (SSSR count). The molecule has 1 aromatic heterocycles. The molecule has 0 fully saturated rings. The zero-order chi connectivity index (χ0) is 11.0. The third-order valence-electron chi connectivity index (χ3n) is 1.93. The van der Waals surface area contributed by atoms with Crippen LogP contribution in [0.1, 0.15) is 0 Å². The number of anilines is 2. The summed E-state index contributed by atoms with van der Waals surface area (Å²) in [6, 6.07) is 4.45. The standard InChI is InChI=1S/C8H7N5O2/c9-7-8(10)12-6-4(11-7)2-1-3-5(6)13(14)15/h1-3H,(H2,9,11)(H2,10,12). The van der Waals surface area contributed by atoms with Gasteiger partial charge in [-0.3, -0.25) is 10.1 Å². The third kappa shape index (κ3) is 1.39. The van der Waals surface area contributed by atoms with Crippen LogP contribution < -0.4 is 11.5 Å². The average molecular weight is 205 g/mol. The summed E-state index contributed by atoms with van der Waals surface area (Å²) in [7, 11) is 0. The summed E-state index contributed by atoms with van der Waals surface area (Å²) in [5.41, 5.74) is 11.2. The van der Waals surface area contributed by atoms with Crippen molar-refractivity contribution < 1.29 is 4.92 Å². The van der Waals surface area contributed by atoms with Gasteiger partial charge in [0.15, 0.2) is 17.2 Å². The quantitative estimate of drug-likeness (QED) is 0.522. The van der Waals surface area contributed by atoms with E-state index in [0.717, 1.165) is 0 Å². The largest absolute Gasteiger partial charge is 0.381 e. The van der Waals surface area contributed by atoms with E-state index in [1.807, 2.05) is 0 Å². The second-order valence-corrected chi connectivity index (χ2v) is 2.90. The van der Waals surface area contributed by atoms with Crippen LogP contribution in [0.5, 0.6) is 0 Å². The van der Waals surface area contributed by atoms with Crippen LogP contribution in [-0.4, -0.2) is 14.9 Å². The van der Waals surface area contributed by atoms with Crippen LogP contribution in [0.15, 0.2) is 18.2 Å². The maximum atomic E-state index is 10.7. The summed E-state index contributed by atoms with van der Waals surface area (Å²) in [6.07, 6.45) is 0. The average Bonchev–Trinajstić information content (AvgIpc) is 2.18. The molecule has 0 amide bonds. The minimum Gasteiger partial charge on any atom is -0.381 e. The minimum atomic E-state index is -0.535. The van der Waals surface area contributed by atoms with Crippen molar-refractivity contribution in [1.82, 2.24) is 9.97 Å². The molecule has 4 N–H and O–H groups in total. The van der Waals surface area contributed by atoms with Gasteiger partial charge in [-0.25, -0.2) is 9.97 Å². The van der Waals surface area contributed by atoms with Crippen molar-refractivity contribution in [2.24, 2.45) is 0 Å². The van der Waals surface area contributed by atoms with Crippen LogP contribution in [0, 0.1) is 10.1 Å². The minimum absolute atomic E-state index is 0.00296. The Morgan fingerprint density at radius 3 is 2.53 bits per heavy atom. The molecule has 0 saturated heterocycles. The summed E-state index contributed by atoms with van der Waals surface area (Å²) in [5.74, 6) is 0.0693. The molecule has 0 atom stereocenters. The zero-order valence-electron chi connectivity index (χ0n) is 7.54. The number of non-ortho nitro benzene ring substituents is 1. The van der Waals surface area contributed by atoms with E-state index in [4.69, 9.17) is 11.5 Å². The monoisotopic (exact) mass is 205 g/mol. The number of nitrogens with two attached hydrogens (primary N) is 2. The molecule has 76 valence electrons. The van der Waals surface area contributed by atoms with Crippen LogP contribution in [0.3, 0.4) is 0 Å². The fraction of sp³-hybridized carbons (Fsp3) is 0. The normalized spacial score (nSPS) is 10.4. The van der Waals surface area contributed by atoms with E-state index in [1.54, 1.807) is 6.07 Å². The molecule has 1 heterocycles. The van der Waals surface area contributed by atoms with Gasteiger partial charge in [-0.1, -0.05) is 6.07 Å². The Balaban J connectivity index is 2.86. The van der Waals surface area contributed by atoms with Gasteiger partial charge in [-0.15, -0.1) is 0 Å². The molecule has 1 aromatic carbocycles. The summed E-state index contributed by atoms with van der Waals surface area (Å²) in [6.45, 7) is 0. The van der Waals surface area contributed by atoms with E-state index in [0.29, 0.717) is 5.52 Å². The molecule has 0 unspecified atom stereocenters. The Hall–Kier alpha value is -2.44. The van der Waals surface area contributed by atoms with Gasteiger partial charge in [0.25, 0.3) is 5.69 Å². The summed E-state index contributed by atoms with van der Waals surface area (Å²) >= 11 is 0. The van der Waals surface area contributed by atoms with E-state index >= 15 is 0 Å². The number of aromatic nitrogens is 2. The van der Waals surface area contributed by atoms with Gasteiger partial charge in [-0.05, 0) is 6.07 Å². The zero-order valence-corrected chi connectivity index (χ0v) is 7.54. The number of nitrogens with zero attached hydrogens (tertiary/aromatic N) is 3. The molecule has 0 bridgehead atoms. The number of hydrogen-bond acceptors (Lipinski definition) is 6. The lowest BCUT2D eigenvalue weighted by atomic mass is 10.2. The molecule has 2 aromatic rings. The number of hydrogen-bond donors (Lipinski definition) is 2. The van der Waals surface area contributed by atoms with Crippen LogP contribution in [0.4, 0.5) is 17.3 Å². The third-order valence-corrected chi connectivity index (χ3v) is 1.93. The molecule has 0 aliphatic rings. The Labute approximate surface area is 83.9 Å². The van der Waals surface area contributed by atoms with Crippen molar-refractivity contribution >= 4 is 28.4 Å². The molecule has 7 nitrogen and oxygen atoms in total. The predicted molar refractivity (Wildman–Crippen MR) is 55.0 cm³/mol. The highest BCUT2D eigenvalue weighted by Crippen LogP contribution is 2.24. The Bertz CT molecular complexity index is 554. The van der Waals surface area contributed by atoms with Gasteiger partial charge < -0.3 is 11.5 Å². The summed E-state index contributed by atoms with van der Waals surface area (Å²) in [4.78, 5) is 17.9. The van der Waals surface area contributed by atoms with Crippen molar-refractivity contribution in [3.05, 3.63) is 28.3 Å². The van der Waals surface area contributed by atoms with E-state index in [9.17, 15) is 10.1 Å². The maximum Gasteiger partial charge on any atom is 0.297 e. The highest BCUT2D eigenvalue weighted by atomic mass is 16.6. The van der Waals surface area contributed by atoms with Crippen molar-refractivity contribution in [3.8, 4) is 0 Å². The fourth-order valence-corrected chi connectivity index (χ4v) is 1.24. The van der Waals surface area contributed by atoms with Crippen LogP contribution in [-0.2, 0) is 0 Å². The smallest absolute Gasteiger partial charge is 0.297 e. The van der Waals surface area contributed by atoms with Crippen molar-refractivity contribution in [2.45, 2.75) is 0 Å². The SMILES string of the molecule is Nc1nc2cccc([N+](=O)[O-])c2nc1N. The summed E-state index contributed by atoms with van der Waals surface area (Å²) < 4.78 is 0. The first-order valence-electron chi connectivity index (χ1n) is 4.05. The lowest BCUT2D eigenvalue weighted by Gasteiger charge is -2.01. The van der Waals surface area contributed by atoms with E-state index < -0.39 is 4.92 Å². The van der Waals surface area contributed by atoms with Crippen molar-refractivity contribution in [1.29, 1.82) is 0 Å². The molecular formula is C8H7N5O2. The van der Waals surface area contributed by atoms with Gasteiger partial charge in [-0.2, -0.15) is 0 Å². The first-order chi connectivity index (χ1) is 7.09. The second-order valence-electron chi connectivity index (χ2n) is 2.90. The fourth-order valence-electron chi connectivity index (χ4n) is 1.24. The number of benzene rings is 1. The van der Waals surface area contributed by atoms with Gasteiger partial charge in [0, 0.05) is 6.07 Å². The number of nitro groups is 1. The number of rotatable bonds is 1.